The molecule has 2 aromatic carbocycles. The number of carbonyl (C=O) groups is 2. The van der Waals surface area contributed by atoms with Gasteiger partial charge in [0.15, 0.2) is 5.69 Å². The second kappa shape index (κ2) is 7.18. The molecule has 0 aliphatic carbocycles. The number of carbonyl (C=O) groups excluding carboxylic acids is 1. The van der Waals surface area contributed by atoms with Gasteiger partial charge in [0, 0.05) is 17.5 Å². The molecule has 0 unspecified atom stereocenters. The van der Waals surface area contributed by atoms with Crippen molar-refractivity contribution in [2.24, 2.45) is 0 Å². The van der Waals surface area contributed by atoms with Crippen LogP contribution in [0.4, 0.5) is 5.69 Å². The molecule has 7 nitrogen and oxygen atoms in total. The maximum Gasteiger partial charge on any atom is 0.336 e. The van der Waals surface area contributed by atoms with Crippen molar-refractivity contribution in [3.63, 3.8) is 0 Å². The van der Waals surface area contributed by atoms with Crippen LogP contribution < -0.4 is 11.1 Å². The summed E-state index contributed by atoms with van der Waals surface area (Å²) in [4.78, 5) is 23.7. The fourth-order valence-corrected chi connectivity index (χ4v) is 2.76. The number of amides is 1. The van der Waals surface area contributed by atoms with Crippen molar-refractivity contribution < 1.29 is 14.7 Å². The highest BCUT2D eigenvalue weighted by Crippen LogP contribution is 2.32. The van der Waals surface area contributed by atoms with Gasteiger partial charge < -0.3 is 16.2 Å². The van der Waals surface area contributed by atoms with Crippen molar-refractivity contribution in [3.05, 3.63) is 53.7 Å². The van der Waals surface area contributed by atoms with Crippen LogP contribution in [0.1, 0.15) is 34.2 Å². The number of hydrogen-bond donors (Lipinski definition) is 3. The average molecular weight is 350 g/mol. The number of nitrogens with one attached hydrogen (secondary N) is 1. The van der Waals surface area contributed by atoms with Crippen LogP contribution in [0, 0.1) is 0 Å². The van der Waals surface area contributed by atoms with Crippen LogP contribution in [0.2, 0.25) is 0 Å². The first-order chi connectivity index (χ1) is 12.5. The summed E-state index contributed by atoms with van der Waals surface area (Å²) in [5.41, 5.74) is 8.16. The number of benzene rings is 2. The first-order valence-corrected chi connectivity index (χ1v) is 8.20. The minimum absolute atomic E-state index is 0.0645. The molecule has 0 radical (unpaired) electrons. The van der Waals surface area contributed by atoms with Crippen LogP contribution in [0.3, 0.4) is 0 Å². The molecule has 0 atom stereocenters. The van der Waals surface area contributed by atoms with Crippen molar-refractivity contribution in [1.29, 1.82) is 0 Å². The minimum Gasteiger partial charge on any atom is -0.478 e. The number of carboxylic acids is 1. The quantitative estimate of drug-likeness (QED) is 0.651. The van der Waals surface area contributed by atoms with Gasteiger partial charge in [-0.25, -0.2) is 4.79 Å². The van der Waals surface area contributed by atoms with Crippen molar-refractivity contribution >= 4 is 28.5 Å². The summed E-state index contributed by atoms with van der Waals surface area (Å²) in [5.74, 6) is -1.41. The molecule has 0 aliphatic heterocycles. The van der Waals surface area contributed by atoms with Crippen molar-refractivity contribution in [2.75, 3.05) is 12.3 Å². The minimum atomic E-state index is -1.03. The molecule has 0 aliphatic rings. The maximum absolute atomic E-state index is 12.2. The molecule has 0 saturated heterocycles. The number of fused-ring (bicyclic) bond motifs is 1. The number of rotatable bonds is 5. The molecule has 0 saturated carbocycles. The molecule has 1 aromatic heterocycles. The number of nitrogen functional groups attached to an aromatic ring is 1. The van der Waals surface area contributed by atoms with Crippen LogP contribution in [-0.2, 0) is 0 Å². The molecule has 3 aromatic rings. The number of aromatic nitrogens is 2. The van der Waals surface area contributed by atoms with Crippen molar-refractivity contribution in [1.82, 2.24) is 15.5 Å². The summed E-state index contributed by atoms with van der Waals surface area (Å²) in [7, 11) is 0. The smallest absolute Gasteiger partial charge is 0.336 e. The molecule has 7 heteroatoms. The third kappa shape index (κ3) is 3.06. The number of anilines is 1. The predicted molar refractivity (Wildman–Crippen MR) is 99.0 cm³/mol. The highest BCUT2D eigenvalue weighted by molar-refractivity contribution is 6.09. The number of hydrogen-bond acceptors (Lipinski definition) is 5. The Hall–Kier alpha value is -3.48. The fraction of sp³-hybridized carbons (Fsp3) is 0.158. The lowest BCUT2D eigenvalue weighted by atomic mass is 9.97. The van der Waals surface area contributed by atoms with Crippen molar-refractivity contribution in [2.45, 2.75) is 13.3 Å². The van der Waals surface area contributed by atoms with Crippen LogP contribution >= 0.6 is 0 Å². The van der Waals surface area contributed by atoms with E-state index in [-0.39, 0.29) is 22.9 Å². The Morgan fingerprint density at radius 3 is 2.54 bits per heavy atom. The highest BCUT2D eigenvalue weighted by Gasteiger charge is 2.19. The molecule has 1 amide bonds. The van der Waals surface area contributed by atoms with E-state index in [4.69, 9.17) is 5.73 Å². The van der Waals surface area contributed by atoms with E-state index in [1.165, 1.54) is 6.07 Å². The largest absolute Gasteiger partial charge is 0.478 e. The molecule has 132 valence electrons. The molecule has 26 heavy (non-hydrogen) atoms. The second-order valence-electron chi connectivity index (χ2n) is 5.77. The summed E-state index contributed by atoms with van der Waals surface area (Å²) in [6.45, 7) is 2.46. The third-order valence-corrected chi connectivity index (χ3v) is 4.03. The second-order valence-corrected chi connectivity index (χ2v) is 5.77. The van der Waals surface area contributed by atoms with E-state index in [1.807, 2.05) is 6.92 Å². The first-order valence-electron chi connectivity index (χ1n) is 8.20. The summed E-state index contributed by atoms with van der Waals surface area (Å²) in [5, 5.41) is 20.9. The van der Waals surface area contributed by atoms with E-state index >= 15 is 0 Å². The lowest BCUT2D eigenvalue weighted by Gasteiger charge is -2.12. The molecule has 3 rings (SSSR count). The molecule has 1 heterocycles. The predicted octanol–water partition coefficient (Wildman–Crippen LogP) is 2.72. The van der Waals surface area contributed by atoms with Gasteiger partial charge in [-0.2, -0.15) is 0 Å². The van der Waals surface area contributed by atoms with Gasteiger partial charge in [-0.05, 0) is 18.1 Å². The summed E-state index contributed by atoms with van der Waals surface area (Å²) < 4.78 is 0. The monoisotopic (exact) mass is 350 g/mol. The molecule has 0 bridgehead atoms. The molecule has 0 spiro atoms. The van der Waals surface area contributed by atoms with Crippen molar-refractivity contribution in [3.8, 4) is 11.1 Å². The van der Waals surface area contributed by atoms with E-state index in [0.717, 1.165) is 6.42 Å². The normalized spacial score (nSPS) is 10.7. The molecular weight excluding hydrogens is 332 g/mol. The van der Waals surface area contributed by atoms with E-state index in [0.29, 0.717) is 28.6 Å². The Labute approximate surface area is 149 Å². The lowest BCUT2D eigenvalue weighted by molar-refractivity contribution is 0.0697. The average Bonchev–Trinajstić information content (AvgIpc) is 2.66. The number of aromatic carboxylic acids is 1. The Kier molecular flexibility index (Phi) is 4.79. The number of carboxylic acid groups (broad SMARTS) is 1. The van der Waals surface area contributed by atoms with Crippen LogP contribution in [-0.4, -0.2) is 33.7 Å². The van der Waals surface area contributed by atoms with Gasteiger partial charge in [-0.1, -0.05) is 43.3 Å². The van der Waals surface area contributed by atoms with E-state index in [1.54, 1.807) is 36.4 Å². The summed E-state index contributed by atoms with van der Waals surface area (Å²) in [6, 6.07) is 11.9. The number of nitrogens with zero attached hydrogens (tertiary/aromatic N) is 2. The van der Waals surface area contributed by atoms with Gasteiger partial charge >= 0.3 is 5.97 Å². The Morgan fingerprint density at radius 2 is 1.81 bits per heavy atom. The lowest BCUT2D eigenvalue weighted by Crippen LogP contribution is -2.26. The van der Waals surface area contributed by atoms with Gasteiger partial charge in [0.2, 0.25) is 0 Å². The van der Waals surface area contributed by atoms with Gasteiger partial charge in [-0.3, -0.25) is 4.79 Å². The summed E-state index contributed by atoms with van der Waals surface area (Å²) >= 11 is 0. The topological polar surface area (TPSA) is 118 Å². The highest BCUT2D eigenvalue weighted by atomic mass is 16.4. The first kappa shape index (κ1) is 17.3. The zero-order chi connectivity index (χ0) is 18.7. The third-order valence-electron chi connectivity index (χ3n) is 4.03. The van der Waals surface area contributed by atoms with Crippen LogP contribution in [0.5, 0.6) is 0 Å². The maximum atomic E-state index is 12.2. The Bertz CT molecular complexity index is 1000. The Morgan fingerprint density at radius 1 is 1.08 bits per heavy atom. The molecular formula is C19H18N4O3. The van der Waals surface area contributed by atoms with Gasteiger partial charge in [-0.15, -0.1) is 10.2 Å². The zero-order valence-electron chi connectivity index (χ0n) is 14.2. The Balaban J connectivity index is 2.18. The SMILES string of the molecule is CCCNC(=O)c1nnc2c(-c3ccccc3C(=O)O)cccc2c1N. The van der Waals surface area contributed by atoms with Crippen LogP contribution in [0.25, 0.3) is 22.0 Å². The fourth-order valence-electron chi connectivity index (χ4n) is 2.76. The standard InChI is InChI=1S/C19H18N4O3/c1-2-10-21-18(24)17-15(20)14-9-5-8-12(16(14)22-23-17)11-6-3-4-7-13(11)19(25)26/h3-9H,2,10H2,1H3,(H2,20,22)(H,21,24)(H,25,26). The van der Waals surface area contributed by atoms with E-state index < -0.39 is 5.97 Å². The molecule has 0 fully saturated rings. The molecule has 4 N–H and O–H groups in total. The number of nitrogens with two attached hydrogens (primary N) is 1. The van der Waals surface area contributed by atoms with Gasteiger partial charge in [0.1, 0.15) is 5.52 Å². The zero-order valence-corrected chi connectivity index (χ0v) is 14.2. The van der Waals surface area contributed by atoms with E-state index in [9.17, 15) is 14.7 Å². The van der Waals surface area contributed by atoms with E-state index in [2.05, 4.69) is 15.5 Å². The van der Waals surface area contributed by atoms with Gasteiger partial charge in [0.25, 0.3) is 5.91 Å². The summed E-state index contributed by atoms with van der Waals surface area (Å²) in [6.07, 6.45) is 0.794. The van der Waals surface area contributed by atoms with Gasteiger partial charge in [0.05, 0.1) is 11.3 Å². The van der Waals surface area contributed by atoms with Crippen LogP contribution in [0.15, 0.2) is 42.5 Å².